The number of hydrogen-bond acceptors (Lipinski definition) is 2. The van der Waals surface area contributed by atoms with Crippen molar-refractivity contribution >= 4 is 17.3 Å². The highest BCUT2D eigenvalue weighted by Crippen LogP contribution is 2.26. The lowest BCUT2D eigenvalue weighted by Crippen LogP contribution is -2.10. The zero-order valence-electron chi connectivity index (χ0n) is 9.51. The average Bonchev–Trinajstić information content (AvgIpc) is 2.27. The van der Waals surface area contributed by atoms with Crippen molar-refractivity contribution in [2.45, 2.75) is 20.3 Å². The van der Waals surface area contributed by atoms with Gasteiger partial charge in [-0.15, -0.1) is 0 Å². The second-order valence-electron chi connectivity index (χ2n) is 3.74. The smallest absolute Gasteiger partial charge is 0.121 e. The molecule has 0 saturated carbocycles. The van der Waals surface area contributed by atoms with E-state index in [1.165, 1.54) is 0 Å². The Labute approximate surface area is 96.6 Å². The largest absolute Gasteiger partial charge is 0.497 e. The minimum Gasteiger partial charge on any atom is -0.497 e. The summed E-state index contributed by atoms with van der Waals surface area (Å²) in [4.78, 5) is 0. The topological polar surface area (TPSA) is 21.3 Å². The predicted octanol–water partition coefficient (Wildman–Crippen LogP) is 3.81. The van der Waals surface area contributed by atoms with Gasteiger partial charge in [0, 0.05) is 12.6 Å². The van der Waals surface area contributed by atoms with Crippen LogP contribution in [-0.4, -0.2) is 13.7 Å². The molecule has 84 valence electrons. The Balaban J connectivity index is 2.66. The van der Waals surface area contributed by atoms with E-state index >= 15 is 0 Å². The Morgan fingerprint density at radius 2 is 2.20 bits per heavy atom. The number of nitrogens with one attached hydrogen (secondary N) is 1. The van der Waals surface area contributed by atoms with E-state index in [1.54, 1.807) is 7.11 Å². The quantitative estimate of drug-likeness (QED) is 0.826. The molecule has 0 bridgehead atoms. The molecule has 15 heavy (non-hydrogen) atoms. The van der Waals surface area contributed by atoms with Gasteiger partial charge in [0.2, 0.25) is 0 Å². The third-order valence-electron chi connectivity index (χ3n) is 2.51. The van der Waals surface area contributed by atoms with Crippen LogP contribution >= 0.6 is 11.6 Å². The third-order valence-corrected chi connectivity index (χ3v) is 2.84. The Morgan fingerprint density at radius 3 is 2.80 bits per heavy atom. The van der Waals surface area contributed by atoms with Crippen molar-refractivity contribution in [2.24, 2.45) is 5.92 Å². The summed E-state index contributed by atoms with van der Waals surface area (Å²) in [6.07, 6.45) is 1.16. The number of rotatable bonds is 5. The van der Waals surface area contributed by atoms with Crippen molar-refractivity contribution in [3.63, 3.8) is 0 Å². The van der Waals surface area contributed by atoms with Crippen molar-refractivity contribution < 1.29 is 4.74 Å². The molecule has 0 heterocycles. The number of ether oxygens (including phenoxy) is 1. The lowest BCUT2D eigenvalue weighted by Gasteiger charge is -2.13. The molecule has 0 aliphatic heterocycles. The van der Waals surface area contributed by atoms with Crippen LogP contribution in [0.4, 0.5) is 5.69 Å². The monoisotopic (exact) mass is 227 g/mol. The van der Waals surface area contributed by atoms with Crippen LogP contribution < -0.4 is 10.1 Å². The Kier molecular flexibility index (Phi) is 4.76. The molecule has 0 aromatic heterocycles. The standard InChI is InChI=1S/C12H18ClNO/c1-4-9(2)8-14-12-7-10(15-3)5-6-11(12)13/h5-7,9,14H,4,8H2,1-3H3. The fraction of sp³-hybridized carbons (Fsp3) is 0.500. The fourth-order valence-electron chi connectivity index (χ4n) is 1.20. The van der Waals surface area contributed by atoms with Gasteiger partial charge in [-0.25, -0.2) is 0 Å². The first-order valence-corrected chi connectivity index (χ1v) is 5.62. The molecule has 1 unspecified atom stereocenters. The van der Waals surface area contributed by atoms with Gasteiger partial charge in [-0.2, -0.15) is 0 Å². The van der Waals surface area contributed by atoms with Gasteiger partial charge in [0.05, 0.1) is 17.8 Å². The Morgan fingerprint density at radius 1 is 1.47 bits per heavy atom. The van der Waals surface area contributed by atoms with E-state index in [9.17, 15) is 0 Å². The van der Waals surface area contributed by atoms with Gasteiger partial charge >= 0.3 is 0 Å². The molecule has 0 aliphatic carbocycles. The number of methoxy groups -OCH3 is 1. The zero-order valence-corrected chi connectivity index (χ0v) is 10.3. The van der Waals surface area contributed by atoms with Gasteiger partial charge in [0.1, 0.15) is 5.75 Å². The second kappa shape index (κ2) is 5.86. The summed E-state index contributed by atoms with van der Waals surface area (Å²) in [6.45, 7) is 5.32. The molecule has 0 saturated heterocycles. The maximum atomic E-state index is 6.06. The lowest BCUT2D eigenvalue weighted by atomic mass is 10.1. The molecule has 1 aromatic rings. The summed E-state index contributed by atoms with van der Waals surface area (Å²) < 4.78 is 5.14. The summed E-state index contributed by atoms with van der Waals surface area (Å²) in [5.41, 5.74) is 0.941. The van der Waals surface area contributed by atoms with Crippen LogP contribution in [0.1, 0.15) is 20.3 Å². The van der Waals surface area contributed by atoms with Crippen LogP contribution in [0.3, 0.4) is 0 Å². The van der Waals surface area contributed by atoms with Gasteiger partial charge in [0.25, 0.3) is 0 Å². The SMILES string of the molecule is CCC(C)CNc1cc(OC)ccc1Cl. The molecule has 0 aliphatic rings. The molecular weight excluding hydrogens is 210 g/mol. The molecular formula is C12H18ClNO. The van der Waals surface area contributed by atoms with Gasteiger partial charge < -0.3 is 10.1 Å². The van der Waals surface area contributed by atoms with E-state index in [-0.39, 0.29) is 0 Å². The molecule has 1 atom stereocenters. The van der Waals surface area contributed by atoms with Crippen molar-refractivity contribution in [3.05, 3.63) is 23.2 Å². The number of anilines is 1. The number of halogens is 1. The summed E-state index contributed by atoms with van der Waals surface area (Å²) in [5, 5.41) is 4.06. The highest BCUT2D eigenvalue weighted by Gasteiger charge is 2.03. The summed E-state index contributed by atoms with van der Waals surface area (Å²) in [7, 11) is 1.65. The predicted molar refractivity (Wildman–Crippen MR) is 65.9 cm³/mol. The minimum atomic E-state index is 0.646. The highest BCUT2D eigenvalue weighted by atomic mass is 35.5. The Bertz CT molecular complexity index is 314. The van der Waals surface area contributed by atoms with Gasteiger partial charge in [-0.3, -0.25) is 0 Å². The van der Waals surface area contributed by atoms with E-state index in [4.69, 9.17) is 16.3 Å². The summed E-state index contributed by atoms with van der Waals surface area (Å²) >= 11 is 6.06. The first kappa shape index (κ1) is 12.2. The van der Waals surface area contributed by atoms with E-state index in [1.807, 2.05) is 18.2 Å². The second-order valence-corrected chi connectivity index (χ2v) is 4.15. The molecule has 1 rings (SSSR count). The molecule has 3 heteroatoms. The highest BCUT2D eigenvalue weighted by molar-refractivity contribution is 6.33. The van der Waals surface area contributed by atoms with Crippen LogP contribution in [0.15, 0.2) is 18.2 Å². The van der Waals surface area contributed by atoms with Gasteiger partial charge in [-0.05, 0) is 18.1 Å². The zero-order chi connectivity index (χ0) is 11.3. The Hall–Kier alpha value is -0.890. The summed E-state index contributed by atoms with van der Waals surface area (Å²) in [5.74, 6) is 1.47. The first-order chi connectivity index (χ1) is 7.17. The van der Waals surface area contributed by atoms with Crippen LogP contribution in [0.5, 0.6) is 5.75 Å². The molecule has 1 N–H and O–H groups in total. The molecule has 0 fully saturated rings. The molecule has 2 nitrogen and oxygen atoms in total. The minimum absolute atomic E-state index is 0.646. The lowest BCUT2D eigenvalue weighted by molar-refractivity contribution is 0.415. The average molecular weight is 228 g/mol. The van der Waals surface area contributed by atoms with E-state index in [0.717, 1.165) is 29.4 Å². The van der Waals surface area contributed by atoms with Gasteiger partial charge in [-0.1, -0.05) is 31.9 Å². The number of hydrogen-bond donors (Lipinski definition) is 1. The molecule has 0 amide bonds. The van der Waals surface area contributed by atoms with Crippen molar-refractivity contribution in [3.8, 4) is 5.75 Å². The normalized spacial score (nSPS) is 12.3. The molecule has 0 spiro atoms. The number of benzene rings is 1. The van der Waals surface area contributed by atoms with Crippen molar-refractivity contribution in [1.82, 2.24) is 0 Å². The van der Waals surface area contributed by atoms with Crippen molar-refractivity contribution in [1.29, 1.82) is 0 Å². The summed E-state index contributed by atoms with van der Waals surface area (Å²) in [6, 6.07) is 5.63. The fourth-order valence-corrected chi connectivity index (χ4v) is 1.38. The van der Waals surface area contributed by atoms with Crippen molar-refractivity contribution in [2.75, 3.05) is 19.0 Å². The molecule has 0 radical (unpaired) electrons. The van der Waals surface area contributed by atoms with Crippen LogP contribution in [-0.2, 0) is 0 Å². The maximum Gasteiger partial charge on any atom is 0.121 e. The molecule has 1 aromatic carbocycles. The first-order valence-electron chi connectivity index (χ1n) is 5.24. The third kappa shape index (κ3) is 3.63. The van der Waals surface area contributed by atoms with E-state index in [2.05, 4.69) is 19.2 Å². The van der Waals surface area contributed by atoms with Crippen LogP contribution in [0.2, 0.25) is 5.02 Å². The van der Waals surface area contributed by atoms with Gasteiger partial charge in [0.15, 0.2) is 0 Å². The van der Waals surface area contributed by atoms with E-state index < -0.39 is 0 Å². The maximum absolute atomic E-state index is 6.06. The van der Waals surface area contributed by atoms with Crippen LogP contribution in [0.25, 0.3) is 0 Å². The van der Waals surface area contributed by atoms with E-state index in [0.29, 0.717) is 5.92 Å². The van der Waals surface area contributed by atoms with Crippen LogP contribution in [0, 0.1) is 5.92 Å².